The van der Waals surface area contributed by atoms with Crippen LogP contribution in [0.15, 0.2) is 41.1 Å². The molecule has 1 unspecified atom stereocenters. The van der Waals surface area contributed by atoms with Crippen LogP contribution < -0.4 is 0 Å². The Morgan fingerprint density at radius 1 is 1.32 bits per heavy atom. The first kappa shape index (κ1) is 18.4. The molecule has 1 aromatic carbocycles. The van der Waals surface area contributed by atoms with Crippen LogP contribution in [0.5, 0.6) is 0 Å². The SMILES string of the molecule is CC(C)c1cc(C(=O)N2CCCC(c3[nH]ncc3-c3ccc(F)cc3)C2)on1. The molecule has 28 heavy (non-hydrogen) atoms. The number of nitrogens with zero attached hydrogens (tertiary/aromatic N) is 3. The number of piperidine rings is 1. The van der Waals surface area contributed by atoms with Gasteiger partial charge in [0.15, 0.2) is 0 Å². The predicted molar refractivity (Wildman–Crippen MR) is 102 cm³/mol. The van der Waals surface area contributed by atoms with Crippen LogP contribution in [-0.2, 0) is 0 Å². The van der Waals surface area contributed by atoms with Crippen molar-refractivity contribution in [3.63, 3.8) is 0 Å². The van der Waals surface area contributed by atoms with Crippen LogP contribution in [0.25, 0.3) is 11.1 Å². The number of rotatable bonds is 4. The second-order valence-electron chi connectivity index (χ2n) is 7.57. The van der Waals surface area contributed by atoms with Crippen LogP contribution in [0, 0.1) is 5.82 Å². The minimum absolute atomic E-state index is 0.132. The summed E-state index contributed by atoms with van der Waals surface area (Å²) in [6.07, 6.45) is 3.60. The molecule has 0 bridgehead atoms. The standard InChI is InChI=1S/C21H23FN4O2/c1-13(2)18-10-19(28-25-18)21(27)26-9-3-4-15(12-26)20-17(11-23-24-20)14-5-7-16(22)8-6-14/h5-8,10-11,13,15H,3-4,9,12H2,1-2H3,(H,23,24). The van der Waals surface area contributed by atoms with Gasteiger partial charge in [-0.1, -0.05) is 31.1 Å². The Bertz CT molecular complexity index is 961. The highest BCUT2D eigenvalue weighted by Crippen LogP contribution is 2.33. The molecule has 0 radical (unpaired) electrons. The second kappa shape index (κ2) is 7.58. The molecule has 0 aliphatic carbocycles. The van der Waals surface area contributed by atoms with Crippen LogP contribution in [-0.4, -0.2) is 39.3 Å². The number of carbonyl (C=O) groups is 1. The molecule has 1 aliphatic heterocycles. The van der Waals surface area contributed by atoms with E-state index in [4.69, 9.17) is 4.52 Å². The molecule has 4 rings (SSSR count). The predicted octanol–water partition coefficient (Wildman–Crippen LogP) is 4.35. The Balaban J connectivity index is 1.54. The quantitative estimate of drug-likeness (QED) is 0.728. The van der Waals surface area contributed by atoms with Gasteiger partial charge in [-0.05, 0) is 36.5 Å². The molecule has 0 spiro atoms. The maximum absolute atomic E-state index is 13.3. The number of likely N-dealkylation sites (tertiary alicyclic amines) is 1. The van der Waals surface area contributed by atoms with E-state index in [1.807, 2.05) is 18.7 Å². The Hall–Kier alpha value is -2.96. The van der Waals surface area contributed by atoms with E-state index >= 15 is 0 Å². The molecule has 1 N–H and O–H groups in total. The molecule has 146 valence electrons. The first-order valence-corrected chi connectivity index (χ1v) is 9.58. The highest BCUT2D eigenvalue weighted by molar-refractivity contribution is 5.91. The number of aromatic nitrogens is 3. The molecule has 1 saturated heterocycles. The smallest absolute Gasteiger partial charge is 0.292 e. The summed E-state index contributed by atoms with van der Waals surface area (Å²) in [6, 6.07) is 8.11. The van der Waals surface area contributed by atoms with Crippen LogP contribution in [0.2, 0.25) is 0 Å². The lowest BCUT2D eigenvalue weighted by atomic mass is 9.90. The fraction of sp³-hybridized carbons (Fsp3) is 0.381. The summed E-state index contributed by atoms with van der Waals surface area (Å²) >= 11 is 0. The average Bonchev–Trinajstić information content (AvgIpc) is 3.38. The number of aromatic amines is 1. The molecule has 1 amide bonds. The molecule has 0 saturated carbocycles. The summed E-state index contributed by atoms with van der Waals surface area (Å²) in [7, 11) is 0. The van der Waals surface area contributed by atoms with Crippen molar-refractivity contribution in [2.24, 2.45) is 0 Å². The molecule has 3 heterocycles. The van der Waals surface area contributed by atoms with Crippen molar-refractivity contribution < 1.29 is 13.7 Å². The normalized spacial score (nSPS) is 17.3. The van der Waals surface area contributed by atoms with Gasteiger partial charge in [0, 0.05) is 36.3 Å². The van der Waals surface area contributed by atoms with E-state index in [-0.39, 0.29) is 29.3 Å². The zero-order valence-electron chi connectivity index (χ0n) is 16.0. The first-order chi connectivity index (χ1) is 13.5. The van der Waals surface area contributed by atoms with E-state index in [1.54, 1.807) is 24.4 Å². The largest absolute Gasteiger partial charge is 0.351 e. The Kier molecular flexibility index (Phi) is 4.98. The number of hydrogen-bond donors (Lipinski definition) is 1. The van der Waals surface area contributed by atoms with Crippen molar-refractivity contribution in [2.45, 2.75) is 38.5 Å². The highest BCUT2D eigenvalue weighted by Gasteiger charge is 2.30. The molecular weight excluding hydrogens is 359 g/mol. The van der Waals surface area contributed by atoms with Crippen molar-refractivity contribution in [3.8, 4) is 11.1 Å². The summed E-state index contributed by atoms with van der Waals surface area (Å²) < 4.78 is 18.5. The van der Waals surface area contributed by atoms with Crippen LogP contribution in [0.4, 0.5) is 4.39 Å². The molecule has 1 atom stereocenters. The summed E-state index contributed by atoms with van der Waals surface area (Å²) in [6.45, 7) is 5.29. The van der Waals surface area contributed by atoms with E-state index in [0.717, 1.165) is 35.4 Å². The van der Waals surface area contributed by atoms with Crippen molar-refractivity contribution in [1.82, 2.24) is 20.3 Å². The minimum atomic E-state index is -0.268. The number of hydrogen-bond acceptors (Lipinski definition) is 4. The van der Waals surface area contributed by atoms with Crippen molar-refractivity contribution in [2.75, 3.05) is 13.1 Å². The molecule has 6 nitrogen and oxygen atoms in total. The average molecular weight is 382 g/mol. The zero-order chi connectivity index (χ0) is 19.7. The van der Waals surface area contributed by atoms with E-state index in [0.29, 0.717) is 13.1 Å². The molecular formula is C21H23FN4O2. The van der Waals surface area contributed by atoms with Crippen LogP contribution >= 0.6 is 0 Å². The third kappa shape index (κ3) is 3.56. The van der Waals surface area contributed by atoms with E-state index in [9.17, 15) is 9.18 Å². The molecule has 1 fully saturated rings. The second-order valence-corrected chi connectivity index (χ2v) is 7.57. The van der Waals surface area contributed by atoms with Crippen molar-refractivity contribution in [1.29, 1.82) is 0 Å². The van der Waals surface area contributed by atoms with E-state index < -0.39 is 0 Å². The Labute approximate surface area is 162 Å². The maximum atomic E-state index is 13.3. The molecule has 7 heteroatoms. The lowest BCUT2D eigenvalue weighted by Crippen LogP contribution is -2.39. The maximum Gasteiger partial charge on any atom is 0.292 e. The van der Waals surface area contributed by atoms with Gasteiger partial charge in [-0.25, -0.2) is 4.39 Å². The Morgan fingerprint density at radius 3 is 2.82 bits per heavy atom. The molecule has 2 aromatic heterocycles. The number of halogens is 1. The summed E-state index contributed by atoms with van der Waals surface area (Å²) in [4.78, 5) is 14.7. The van der Waals surface area contributed by atoms with Gasteiger partial charge in [0.05, 0.1) is 11.9 Å². The molecule has 3 aromatic rings. The van der Waals surface area contributed by atoms with Gasteiger partial charge in [0.25, 0.3) is 5.91 Å². The first-order valence-electron chi connectivity index (χ1n) is 9.58. The molecule has 1 aliphatic rings. The summed E-state index contributed by atoms with van der Waals surface area (Å²) in [5.41, 5.74) is 3.61. The van der Waals surface area contributed by atoms with Gasteiger partial charge in [-0.15, -0.1) is 0 Å². The van der Waals surface area contributed by atoms with Gasteiger partial charge in [0.1, 0.15) is 5.82 Å². The van der Waals surface area contributed by atoms with Crippen LogP contribution in [0.3, 0.4) is 0 Å². The fourth-order valence-electron chi connectivity index (χ4n) is 3.68. The number of H-pyrrole nitrogens is 1. The third-order valence-electron chi connectivity index (χ3n) is 5.27. The lowest BCUT2D eigenvalue weighted by molar-refractivity contribution is 0.0664. The number of nitrogens with one attached hydrogen (secondary N) is 1. The Morgan fingerprint density at radius 2 is 2.11 bits per heavy atom. The van der Waals surface area contributed by atoms with Crippen LogP contribution in [0.1, 0.15) is 60.5 Å². The lowest BCUT2D eigenvalue weighted by Gasteiger charge is -2.32. The van der Waals surface area contributed by atoms with Gasteiger partial charge in [-0.3, -0.25) is 9.89 Å². The number of amides is 1. The fourth-order valence-corrected chi connectivity index (χ4v) is 3.68. The van der Waals surface area contributed by atoms with Crippen molar-refractivity contribution in [3.05, 3.63) is 59.5 Å². The minimum Gasteiger partial charge on any atom is -0.351 e. The van der Waals surface area contributed by atoms with E-state index in [1.165, 1.54) is 12.1 Å². The van der Waals surface area contributed by atoms with Gasteiger partial charge in [0.2, 0.25) is 5.76 Å². The number of carbonyl (C=O) groups excluding carboxylic acids is 1. The zero-order valence-corrected chi connectivity index (χ0v) is 16.0. The monoisotopic (exact) mass is 382 g/mol. The number of benzene rings is 1. The summed E-state index contributed by atoms with van der Waals surface area (Å²) in [5.74, 6) is 0.228. The topological polar surface area (TPSA) is 75.0 Å². The van der Waals surface area contributed by atoms with Gasteiger partial charge >= 0.3 is 0 Å². The third-order valence-corrected chi connectivity index (χ3v) is 5.27. The van der Waals surface area contributed by atoms with E-state index in [2.05, 4.69) is 15.4 Å². The van der Waals surface area contributed by atoms with Gasteiger partial charge < -0.3 is 9.42 Å². The van der Waals surface area contributed by atoms with Gasteiger partial charge in [-0.2, -0.15) is 5.10 Å². The van der Waals surface area contributed by atoms with Crippen molar-refractivity contribution >= 4 is 5.91 Å². The summed E-state index contributed by atoms with van der Waals surface area (Å²) in [5, 5.41) is 11.3. The highest BCUT2D eigenvalue weighted by atomic mass is 19.1.